The SMILES string of the molecule is C=CC(=O)OCC(C)(C)COC(=O)CCC(=O)Oc1ccc(OC(=O)CCC(=O)OCC(C)(C)COC(=O)C=C)c2c1SC(=C1C(=O)NNC1=O)S2. The van der Waals surface area contributed by atoms with E-state index < -0.39 is 58.5 Å². The lowest BCUT2D eigenvalue weighted by molar-refractivity contribution is -0.153. The van der Waals surface area contributed by atoms with E-state index in [2.05, 4.69) is 24.0 Å². The molecular formula is C34H38N2O14S2. The largest absolute Gasteiger partial charge is 0.465 e. The molecular weight excluding hydrogens is 725 g/mol. The highest BCUT2D eigenvalue weighted by atomic mass is 32.2. The zero-order valence-corrected chi connectivity index (χ0v) is 30.5. The van der Waals surface area contributed by atoms with Crippen LogP contribution in [0, 0.1) is 10.8 Å². The summed E-state index contributed by atoms with van der Waals surface area (Å²) < 4.78 is 31.7. The summed E-state index contributed by atoms with van der Waals surface area (Å²) in [7, 11) is 0. The van der Waals surface area contributed by atoms with Gasteiger partial charge in [0.1, 0.15) is 17.1 Å². The first-order chi connectivity index (χ1) is 24.4. The van der Waals surface area contributed by atoms with Crippen molar-refractivity contribution in [3.05, 3.63) is 47.3 Å². The summed E-state index contributed by atoms with van der Waals surface area (Å²) in [6.45, 7) is 13.3. The lowest BCUT2D eigenvalue weighted by Gasteiger charge is -2.23. The summed E-state index contributed by atoms with van der Waals surface area (Å²) in [5.74, 6) is -5.57. The van der Waals surface area contributed by atoms with Gasteiger partial charge in [0, 0.05) is 23.0 Å². The first-order valence-corrected chi connectivity index (χ1v) is 17.3. The molecule has 2 heterocycles. The molecule has 1 saturated heterocycles. The molecule has 2 amide bonds. The van der Waals surface area contributed by atoms with E-state index in [-0.39, 0.29) is 83.2 Å². The average molecular weight is 763 g/mol. The molecule has 0 saturated carbocycles. The quantitative estimate of drug-likeness (QED) is 0.0722. The molecule has 0 aliphatic carbocycles. The van der Waals surface area contributed by atoms with Crippen molar-refractivity contribution in [2.75, 3.05) is 26.4 Å². The fourth-order valence-corrected chi connectivity index (χ4v) is 6.57. The van der Waals surface area contributed by atoms with Crippen molar-refractivity contribution in [3.63, 3.8) is 0 Å². The third-order valence-corrected chi connectivity index (χ3v) is 9.31. The van der Waals surface area contributed by atoms with Gasteiger partial charge in [-0.15, -0.1) is 0 Å². The topological polar surface area (TPSA) is 216 Å². The fourth-order valence-electron chi connectivity index (χ4n) is 3.90. The van der Waals surface area contributed by atoms with Crippen molar-refractivity contribution in [2.45, 2.75) is 63.2 Å². The average Bonchev–Trinajstić information content (AvgIpc) is 3.69. The van der Waals surface area contributed by atoms with E-state index in [1.54, 1.807) is 27.7 Å². The number of rotatable bonds is 18. The summed E-state index contributed by atoms with van der Waals surface area (Å²) in [6, 6.07) is 2.69. The van der Waals surface area contributed by atoms with Gasteiger partial charge in [0.25, 0.3) is 11.8 Å². The van der Waals surface area contributed by atoms with Crippen LogP contribution < -0.4 is 20.3 Å². The van der Waals surface area contributed by atoms with Gasteiger partial charge in [-0.2, -0.15) is 0 Å². The normalized spacial score (nSPS) is 13.6. The van der Waals surface area contributed by atoms with Gasteiger partial charge in [-0.3, -0.25) is 39.6 Å². The smallest absolute Gasteiger partial charge is 0.330 e. The van der Waals surface area contributed by atoms with Crippen molar-refractivity contribution in [1.29, 1.82) is 0 Å². The molecule has 18 heteroatoms. The van der Waals surface area contributed by atoms with Crippen LogP contribution in [0.2, 0.25) is 0 Å². The molecule has 52 heavy (non-hydrogen) atoms. The molecule has 2 aliphatic heterocycles. The van der Waals surface area contributed by atoms with Crippen molar-refractivity contribution in [1.82, 2.24) is 10.9 Å². The number of carbonyl (C=O) groups excluding carboxylic acids is 8. The minimum Gasteiger partial charge on any atom is -0.465 e. The van der Waals surface area contributed by atoms with Crippen LogP contribution in [0.25, 0.3) is 0 Å². The Kier molecular flexibility index (Phi) is 14.6. The molecule has 0 radical (unpaired) electrons. The molecule has 0 aromatic heterocycles. The number of ether oxygens (including phenoxy) is 6. The molecule has 0 unspecified atom stereocenters. The van der Waals surface area contributed by atoms with Gasteiger partial charge in [0.2, 0.25) is 0 Å². The Bertz CT molecular complexity index is 1580. The maximum absolute atomic E-state index is 12.8. The van der Waals surface area contributed by atoms with E-state index in [9.17, 15) is 38.4 Å². The molecule has 3 rings (SSSR count). The van der Waals surface area contributed by atoms with Crippen LogP contribution in [-0.4, -0.2) is 74.1 Å². The van der Waals surface area contributed by atoms with Crippen LogP contribution in [0.15, 0.2) is 57.0 Å². The predicted molar refractivity (Wildman–Crippen MR) is 183 cm³/mol. The van der Waals surface area contributed by atoms with Crippen LogP contribution in [-0.2, 0) is 57.3 Å². The molecule has 2 N–H and O–H groups in total. The lowest BCUT2D eigenvalue weighted by Crippen LogP contribution is -2.28. The number of nitrogens with one attached hydrogen (secondary N) is 2. The van der Waals surface area contributed by atoms with Crippen LogP contribution in [0.3, 0.4) is 0 Å². The summed E-state index contributed by atoms with van der Waals surface area (Å²) >= 11 is 1.87. The van der Waals surface area contributed by atoms with E-state index in [4.69, 9.17) is 28.4 Å². The van der Waals surface area contributed by atoms with E-state index in [0.717, 1.165) is 35.7 Å². The summed E-state index contributed by atoms with van der Waals surface area (Å²) in [6.07, 6.45) is 0.669. The highest BCUT2D eigenvalue weighted by Crippen LogP contribution is 2.59. The van der Waals surface area contributed by atoms with Crippen molar-refractivity contribution in [3.8, 4) is 11.5 Å². The van der Waals surface area contributed by atoms with Gasteiger partial charge >= 0.3 is 35.8 Å². The monoisotopic (exact) mass is 762 g/mol. The number of carbonyl (C=O) groups is 8. The zero-order valence-electron chi connectivity index (χ0n) is 28.9. The number of fused-ring (bicyclic) bond motifs is 1. The molecule has 280 valence electrons. The minimum absolute atomic E-state index is 0.00945. The molecule has 2 aliphatic rings. The van der Waals surface area contributed by atoms with Crippen molar-refractivity contribution < 1.29 is 66.8 Å². The van der Waals surface area contributed by atoms with Gasteiger partial charge in [-0.05, 0) is 12.1 Å². The number of benzene rings is 1. The van der Waals surface area contributed by atoms with Gasteiger partial charge in [0.15, 0.2) is 0 Å². The third-order valence-electron chi connectivity index (χ3n) is 6.68. The van der Waals surface area contributed by atoms with E-state index in [0.29, 0.717) is 0 Å². The van der Waals surface area contributed by atoms with Crippen molar-refractivity contribution >= 4 is 71.2 Å². The maximum Gasteiger partial charge on any atom is 0.330 e. The lowest BCUT2D eigenvalue weighted by atomic mass is 9.96. The molecule has 0 atom stereocenters. The first-order valence-electron chi connectivity index (χ1n) is 15.6. The molecule has 16 nitrogen and oxygen atoms in total. The predicted octanol–water partition coefficient (Wildman–Crippen LogP) is 3.23. The Hall–Kier alpha value is -5.10. The Morgan fingerprint density at radius 2 is 0.962 bits per heavy atom. The summed E-state index contributed by atoms with van der Waals surface area (Å²) in [4.78, 5) is 98.0. The maximum atomic E-state index is 12.8. The number of esters is 6. The van der Waals surface area contributed by atoms with Gasteiger partial charge in [0.05, 0.1) is 66.1 Å². The number of thioether (sulfide) groups is 2. The fraction of sp³-hybridized carbons (Fsp3) is 0.412. The number of hydrogen-bond donors (Lipinski definition) is 2. The Morgan fingerprint density at radius 3 is 1.33 bits per heavy atom. The van der Waals surface area contributed by atoms with Crippen LogP contribution in [0.4, 0.5) is 0 Å². The second-order valence-corrected chi connectivity index (χ2v) is 15.0. The van der Waals surface area contributed by atoms with Crippen LogP contribution >= 0.6 is 23.5 Å². The Morgan fingerprint density at radius 1 is 0.615 bits per heavy atom. The highest BCUT2D eigenvalue weighted by molar-refractivity contribution is 8.25. The van der Waals surface area contributed by atoms with Gasteiger partial charge in [-0.25, -0.2) is 9.59 Å². The Labute approximate surface area is 307 Å². The second-order valence-electron chi connectivity index (χ2n) is 12.7. The number of hydrazine groups is 1. The summed E-state index contributed by atoms with van der Waals surface area (Å²) in [5.41, 5.74) is 2.83. The highest BCUT2D eigenvalue weighted by Gasteiger charge is 2.37. The number of amides is 2. The molecule has 1 fully saturated rings. The van der Waals surface area contributed by atoms with Crippen molar-refractivity contribution in [2.24, 2.45) is 10.8 Å². The third kappa shape index (κ3) is 12.6. The van der Waals surface area contributed by atoms with Gasteiger partial charge in [-0.1, -0.05) is 64.4 Å². The molecule has 0 spiro atoms. The standard InChI is InChI=1S/C34H38N2O14S2/c1-7-21(37)45-15-33(3,4)17-47-23(39)11-13-25(41)49-19-9-10-20(29-28(19)51-32(52-29)27-30(43)35-36-31(27)44)50-26(42)14-12-24(40)48-18-34(5,6)16-46-22(38)8-2/h7-10H,1-2,11-18H2,3-6H3,(H,35,43)(H,36,44). The first kappa shape index (κ1) is 41.3. The van der Waals surface area contributed by atoms with E-state index in [1.807, 2.05) is 0 Å². The van der Waals surface area contributed by atoms with E-state index >= 15 is 0 Å². The molecule has 1 aromatic rings. The summed E-state index contributed by atoms with van der Waals surface area (Å²) in [5, 5.41) is 0. The van der Waals surface area contributed by atoms with Crippen LogP contribution in [0.5, 0.6) is 11.5 Å². The van der Waals surface area contributed by atoms with Crippen LogP contribution in [0.1, 0.15) is 53.4 Å². The Balaban J connectivity index is 1.63. The zero-order chi connectivity index (χ0) is 38.6. The minimum atomic E-state index is -0.799. The number of hydrogen-bond acceptors (Lipinski definition) is 16. The van der Waals surface area contributed by atoms with E-state index in [1.165, 1.54) is 12.1 Å². The molecule has 1 aromatic carbocycles. The van der Waals surface area contributed by atoms with Gasteiger partial charge < -0.3 is 28.4 Å². The molecule has 0 bridgehead atoms. The second kappa shape index (κ2) is 18.4.